The topological polar surface area (TPSA) is 64.3 Å². The molecular weight excluding hydrogens is 292 g/mol. The summed E-state index contributed by atoms with van der Waals surface area (Å²) in [6.07, 6.45) is 6.44. The highest BCUT2D eigenvalue weighted by Crippen LogP contribution is 2.15. The molecule has 0 amide bonds. The van der Waals surface area contributed by atoms with Gasteiger partial charge in [0.2, 0.25) is 0 Å². The number of ether oxygens (including phenoxy) is 1. The lowest BCUT2D eigenvalue weighted by Gasteiger charge is -2.08. The maximum Gasteiger partial charge on any atom is 0.328 e. The van der Waals surface area contributed by atoms with Crippen LogP contribution in [0.25, 0.3) is 17.1 Å². The Bertz CT molecular complexity index is 835. The number of rotatable bonds is 6. The van der Waals surface area contributed by atoms with Crippen LogP contribution in [0.4, 0.5) is 0 Å². The van der Waals surface area contributed by atoms with Gasteiger partial charge in [-0.15, -0.1) is 0 Å². The van der Waals surface area contributed by atoms with E-state index in [0.29, 0.717) is 13.2 Å². The van der Waals surface area contributed by atoms with Crippen molar-refractivity contribution in [2.45, 2.75) is 6.54 Å². The highest BCUT2D eigenvalue weighted by atomic mass is 16.5. The van der Waals surface area contributed by atoms with Crippen LogP contribution in [0.2, 0.25) is 0 Å². The molecule has 0 fully saturated rings. The Balaban J connectivity index is 1.57. The summed E-state index contributed by atoms with van der Waals surface area (Å²) < 4.78 is 7.77. The lowest BCUT2D eigenvalue weighted by Crippen LogP contribution is -2.07. The number of fused-ring (bicyclic) bond motifs is 1. The van der Waals surface area contributed by atoms with Gasteiger partial charge in [0.15, 0.2) is 0 Å². The van der Waals surface area contributed by atoms with Crippen molar-refractivity contribution in [2.24, 2.45) is 0 Å². The number of hydrogen-bond acceptors (Lipinski definition) is 3. The van der Waals surface area contributed by atoms with E-state index in [1.54, 1.807) is 12.3 Å². The Morgan fingerprint density at radius 2 is 2.04 bits per heavy atom. The van der Waals surface area contributed by atoms with Crippen LogP contribution in [-0.2, 0) is 11.3 Å². The smallest absolute Gasteiger partial charge is 0.328 e. The summed E-state index contributed by atoms with van der Waals surface area (Å²) in [5.74, 6) is -0.209. The molecule has 5 nitrogen and oxygen atoms in total. The molecule has 0 unspecified atom stereocenters. The second-order valence-electron chi connectivity index (χ2n) is 5.01. The van der Waals surface area contributed by atoms with Gasteiger partial charge in [-0.2, -0.15) is 0 Å². The first-order valence-electron chi connectivity index (χ1n) is 7.26. The highest BCUT2D eigenvalue weighted by Gasteiger charge is 2.01. The maximum atomic E-state index is 10.5. The zero-order valence-electron chi connectivity index (χ0n) is 12.4. The second-order valence-corrected chi connectivity index (χ2v) is 5.01. The minimum Gasteiger partial charge on any atom is -0.492 e. The number of aromatic nitrogens is 2. The van der Waals surface area contributed by atoms with Crippen LogP contribution >= 0.6 is 0 Å². The quantitative estimate of drug-likeness (QED) is 0.710. The number of nitrogens with zero attached hydrogens (tertiary/aromatic N) is 2. The van der Waals surface area contributed by atoms with Crippen molar-refractivity contribution in [2.75, 3.05) is 6.61 Å². The molecule has 0 aliphatic carbocycles. The molecular formula is C18H16N2O3. The van der Waals surface area contributed by atoms with Gasteiger partial charge in [0.1, 0.15) is 18.0 Å². The molecule has 3 aromatic rings. The molecule has 0 atom stereocenters. The third-order valence-corrected chi connectivity index (χ3v) is 3.42. The fraction of sp³-hybridized carbons (Fsp3) is 0.111. The van der Waals surface area contributed by atoms with E-state index in [4.69, 9.17) is 9.84 Å². The van der Waals surface area contributed by atoms with Crippen molar-refractivity contribution < 1.29 is 14.6 Å². The Labute approximate surface area is 133 Å². The molecule has 0 saturated carbocycles. The molecule has 3 rings (SSSR count). The maximum absolute atomic E-state index is 10.5. The van der Waals surface area contributed by atoms with E-state index < -0.39 is 5.97 Å². The van der Waals surface area contributed by atoms with Crippen LogP contribution in [0, 0.1) is 0 Å². The first kappa shape index (κ1) is 14.8. The van der Waals surface area contributed by atoms with E-state index in [0.717, 1.165) is 28.4 Å². The highest BCUT2D eigenvalue weighted by molar-refractivity contribution is 5.85. The molecule has 0 radical (unpaired) electrons. The Kier molecular flexibility index (Phi) is 4.38. The predicted molar refractivity (Wildman–Crippen MR) is 88.3 cm³/mol. The standard InChI is InChI=1S/C18H16N2O3/c21-17(22)8-5-14-3-6-16(7-4-14)23-13-12-20-11-9-15-2-1-10-19-18(15)20/h1-11H,12-13H2,(H,21,22). The van der Waals surface area contributed by atoms with E-state index in [2.05, 4.69) is 9.55 Å². The molecule has 2 aromatic heterocycles. The number of carbonyl (C=O) groups is 1. The van der Waals surface area contributed by atoms with Crippen LogP contribution in [-0.4, -0.2) is 27.2 Å². The summed E-state index contributed by atoms with van der Waals surface area (Å²) in [5, 5.41) is 9.71. The number of pyridine rings is 1. The molecule has 0 saturated heterocycles. The number of hydrogen-bond donors (Lipinski definition) is 1. The first-order valence-corrected chi connectivity index (χ1v) is 7.26. The molecule has 0 bridgehead atoms. The summed E-state index contributed by atoms with van der Waals surface area (Å²) in [6, 6.07) is 13.3. The minimum absolute atomic E-state index is 0.532. The monoisotopic (exact) mass is 308 g/mol. The molecule has 0 aliphatic rings. The zero-order valence-corrected chi connectivity index (χ0v) is 12.4. The lowest BCUT2D eigenvalue weighted by molar-refractivity contribution is -0.131. The van der Waals surface area contributed by atoms with Crippen molar-refractivity contribution in [1.29, 1.82) is 0 Å². The van der Waals surface area contributed by atoms with E-state index in [1.807, 2.05) is 48.7 Å². The van der Waals surface area contributed by atoms with Gasteiger partial charge in [-0.1, -0.05) is 12.1 Å². The lowest BCUT2D eigenvalue weighted by atomic mass is 10.2. The van der Waals surface area contributed by atoms with Crippen molar-refractivity contribution in [3.63, 3.8) is 0 Å². The van der Waals surface area contributed by atoms with Crippen LogP contribution in [0.1, 0.15) is 5.56 Å². The summed E-state index contributed by atoms with van der Waals surface area (Å²) in [5.41, 5.74) is 1.77. The van der Waals surface area contributed by atoms with Gasteiger partial charge in [-0.25, -0.2) is 9.78 Å². The molecule has 2 heterocycles. The van der Waals surface area contributed by atoms with E-state index in [-0.39, 0.29) is 0 Å². The van der Waals surface area contributed by atoms with E-state index in [1.165, 1.54) is 0 Å². The van der Waals surface area contributed by atoms with Crippen molar-refractivity contribution in [3.8, 4) is 5.75 Å². The summed E-state index contributed by atoms with van der Waals surface area (Å²) >= 11 is 0. The SMILES string of the molecule is O=C(O)C=Cc1ccc(OCCn2ccc3cccnc32)cc1. The van der Waals surface area contributed by atoms with Crippen molar-refractivity contribution >= 4 is 23.1 Å². The number of carboxylic acids is 1. The summed E-state index contributed by atoms with van der Waals surface area (Å²) in [7, 11) is 0. The number of aliphatic carboxylic acids is 1. The van der Waals surface area contributed by atoms with Gasteiger partial charge in [0, 0.05) is 23.9 Å². The second kappa shape index (κ2) is 6.79. The third kappa shape index (κ3) is 3.77. The van der Waals surface area contributed by atoms with Gasteiger partial charge < -0.3 is 14.4 Å². The molecule has 116 valence electrons. The van der Waals surface area contributed by atoms with Gasteiger partial charge in [-0.05, 0) is 42.0 Å². The Morgan fingerprint density at radius 1 is 1.22 bits per heavy atom. The van der Waals surface area contributed by atoms with Crippen molar-refractivity contribution in [1.82, 2.24) is 9.55 Å². The van der Waals surface area contributed by atoms with Crippen LogP contribution in [0.5, 0.6) is 5.75 Å². The van der Waals surface area contributed by atoms with E-state index in [9.17, 15) is 4.79 Å². The van der Waals surface area contributed by atoms with Gasteiger partial charge >= 0.3 is 5.97 Å². The largest absolute Gasteiger partial charge is 0.492 e. The molecule has 1 aromatic carbocycles. The first-order chi connectivity index (χ1) is 11.2. The average Bonchev–Trinajstić information content (AvgIpc) is 2.97. The molecule has 0 spiro atoms. The molecule has 0 aliphatic heterocycles. The fourth-order valence-corrected chi connectivity index (χ4v) is 2.31. The van der Waals surface area contributed by atoms with Crippen LogP contribution < -0.4 is 4.74 Å². The predicted octanol–water partition coefficient (Wildman–Crippen LogP) is 3.21. The molecule has 1 N–H and O–H groups in total. The Hall–Kier alpha value is -3.08. The number of benzene rings is 1. The average molecular weight is 308 g/mol. The van der Waals surface area contributed by atoms with Gasteiger partial charge in [0.05, 0.1) is 6.54 Å². The molecule has 23 heavy (non-hydrogen) atoms. The van der Waals surface area contributed by atoms with Gasteiger partial charge in [-0.3, -0.25) is 0 Å². The van der Waals surface area contributed by atoms with Crippen LogP contribution in [0.15, 0.2) is 60.9 Å². The van der Waals surface area contributed by atoms with Crippen LogP contribution in [0.3, 0.4) is 0 Å². The minimum atomic E-state index is -0.960. The van der Waals surface area contributed by atoms with Gasteiger partial charge in [0.25, 0.3) is 0 Å². The van der Waals surface area contributed by atoms with E-state index >= 15 is 0 Å². The fourth-order valence-electron chi connectivity index (χ4n) is 2.31. The molecule has 5 heteroatoms. The zero-order chi connectivity index (χ0) is 16.1. The number of carboxylic acid groups (broad SMARTS) is 1. The van der Waals surface area contributed by atoms with Crippen molar-refractivity contribution in [3.05, 3.63) is 66.5 Å². The summed E-state index contributed by atoms with van der Waals surface area (Å²) in [4.78, 5) is 14.8. The Morgan fingerprint density at radius 3 is 2.83 bits per heavy atom. The summed E-state index contributed by atoms with van der Waals surface area (Å²) in [6.45, 7) is 1.24. The normalized spacial score (nSPS) is 11.1. The third-order valence-electron chi connectivity index (χ3n) is 3.42.